The Bertz CT molecular complexity index is 551. The molecule has 0 saturated carbocycles. The lowest BCUT2D eigenvalue weighted by Crippen LogP contribution is -2.48. The number of nitrogens with one attached hydrogen (secondary N) is 1. The number of benzene rings is 1. The quantitative estimate of drug-likeness (QED) is 0.632. The van der Waals surface area contributed by atoms with Crippen molar-refractivity contribution < 1.29 is 14.3 Å². The fourth-order valence-corrected chi connectivity index (χ4v) is 2.58. The monoisotopic (exact) mass is 334 g/mol. The number of hydrogen-bond acceptors (Lipinski definition) is 4. The minimum Gasteiger partial charge on any atom is -0.497 e. The van der Waals surface area contributed by atoms with E-state index in [1.54, 1.807) is 12.0 Å². The fourth-order valence-electron chi connectivity index (χ4n) is 2.58. The van der Waals surface area contributed by atoms with Gasteiger partial charge in [-0.15, -0.1) is 0 Å². The summed E-state index contributed by atoms with van der Waals surface area (Å²) in [4.78, 5) is 17.8. The number of ether oxygens (including phenoxy) is 2. The third-order valence-electron chi connectivity index (χ3n) is 3.96. The van der Waals surface area contributed by atoms with Gasteiger partial charge in [0.1, 0.15) is 5.75 Å². The Hall–Kier alpha value is -2.44. The Morgan fingerprint density at radius 3 is 2.58 bits per heavy atom. The van der Waals surface area contributed by atoms with Crippen LogP contribution >= 0.6 is 0 Å². The first-order chi connectivity index (χ1) is 11.6. The maximum absolute atomic E-state index is 11.7. The van der Waals surface area contributed by atoms with Gasteiger partial charge >= 0.3 is 6.09 Å². The van der Waals surface area contributed by atoms with Crippen molar-refractivity contribution in [2.45, 2.75) is 32.4 Å². The molecule has 1 aliphatic rings. The largest absolute Gasteiger partial charge is 0.497 e. The molecular formula is C17H26N4O3. The van der Waals surface area contributed by atoms with Gasteiger partial charge in [-0.3, -0.25) is 0 Å². The van der Waals surface area contributed by atoms with Gasteiger partial charge in [0.05, 0.1) is 20.3 Å². The zero-order chi connectivity index (χ0) is 17.4. The van der Waals surface area contributed by atoms with E-state index in [-0.39, 0.29) is 12.1 Å². The molecule has 24 heavy (non-hydrogen) atoms. The van der Waals surface area contributed by atoms with Crippen LogP contribution in [0.1, 0.15) is 25.3 Å². The van der Waals surface area contributed by atoms with Crippen LogP contribution in [0.2, 0.25) is 0 Å². The molecule has 1 aromatic rings. The highest BCUT2D eigenvalue weighted by Gasteiger charge is 2.23. The van der Waals surface area contributed by atoms with Crippen molar-refractivity contribution in [3.63, 3.8) is 0 Å². The van der Waals surface area contributed by atoms with Gasteiger partial charge in [-0.25, -0.2) is 9.79 Å². The highest BCUT2D eigenvalue weighted by molar-refractivity contribution is 5.78. The van der Waals surface area contributed by atoms with E-state index in [1.807, 2.05) is 31.2 Å². The van der Waals surface area contributed by atoms with Gasteiger partial charge in [0, 0.05) is 19.1 Å². The van der Waals surface area contributed by atoms with Gasteiger partial charge in [0.15, 0.2) is 5.96 Å². The van der Waals surface area contributed by atoms with E-state index in [2.05, 4.69) is 10.3 Å². The van der Waals surface area contributed by atoms with Gasteiger partial charge in [-0.2, -0.15) is 0 Å². The van der Waals surface area contributed by atoms with Crippen molar-refractivity contribution in [1.82, 2.24) is 10.2 Å². The van der Waals surface area contributed by atoms with Gasteiger partial charge in [-0.1, -0.05) is 12.1 Å². The third kappa shape index (κ3) is 5.33. The molecule has 3 N–H and O–H groups in total. The number of amides is 1. The molecule has 1 fully saturated rings. The summed E-state index contributed by atoms with van der Waals surface area (Å²) in [6.45, 7) is 4.07. The molecule has 1 amide bonds. The van der Waals surface area contributed by atoms with Crippen LogP contribution in [0, 0.1) is 0 Å². The van der Waals surface area contributed by atoms with Crippen LogP contribution in [0.4, 0.5) is 4.79 Å². The molecular weight excluding hydrogens is 308 g/mol. The SMILES string of the molecule is CCOC(=O)N1CCC(NC(N)=NCc2ccc(OC)cc2)CC1. The van der Waals surface area contributed by atoms with Crippen molar-refractivity contribution in [2.75, 3.05) is 26.8 Å². The molecule has 1 saturated heterocycles. The number of rotatable bonds is 5. The zero-order valence-electron chi connectivity index (χ0n) is 14.3. The maximum atomic E-state index is 11.7. The molecule has 7 heteroatoms. The minimum atomic E-state index is -0.239. The molecule has 2 rings (SSSR count). The van der Waals surface area contributed by atoms with E-state index in [4.69, 9.17) is 15.2 Å². The second-order valence-corrected chi connectivity index (χ2v) is 5.65. The van der Waals surface area contributed by atoms with Crippen molar-refractivity contribution >= 4 is 12.1 Å². The number of nitrogens with two attached hydrogens (primary N) is 1. The molecule has 0 radical (unpaired) electrons. The summed E-state index contributed by atoms with van der Waals surface area (Å²) in [5, 5.41) is 3.23. The average Bonchev–Trinajstić information content (AvgIpc) is 2.61. The number of piperidine rings is 1. The first-order valence-electron chi connectivity index (χ1n) is 8.23. The Labute approximate surface area is 142 Å². The molecule has 0 bridgehead atoms. The van der Waals surface area contributed by atoms with E-state index in [0.717, 1.165) is 24.2 Å². The number of guanidine groups is 1. The molecule has 0 unspecified atom stereocenters. The number of carbonyl (C=O) groups excluding carboxylic acids is 1. The summed E-state index contributed by atoms with van der Waals surface area (Å²) in [7, 11) is 1.64. The second kappa shape index (κ2) is 9.00. The van der Waals surface area contributed by atoms with Crippen molar-refractivity contribution in [3.8, 4) is 5.75 Å². The molecule has 1 aliphatic heterocycles. The van der Waals surface area contributed by atoms with Crippen LogP contribution in [-0.4, -0.2) is 49.8 Å². The van der Waals surface area contributed by atoms with Gasteiger partial charge in [0.2, 0.25) is 0 Å². The molecule has 7 nitrogen and oxygen atoms in total. The lowest BCUT2D eigenvalue weighted by Gasteiger charge is -2.31. The van der Waals surface area contributed by atoms with E-state index in [9.17, 15) is 4.79 Å². The Kier molecular flexibility index (Phi) is 6.72. The average molecular weight is 334 g/mol. The lowest BCUT2D eigenvalue weighted by atomic mass is 10.1. The molecule has 0 spiro atoms. The number of carbonyl (C=O) groups is 1. The summed E-state index contributed by atoms with van der Waals surface area (Å²) in [6.07, 6.45) is 1.42. The predicted molar refractivity (Wildman–Crippen MR) is 93.1 cm³/mol. The third-order valence-corrected chi connectivity index (χ3v) is 3.96. The standard InChI is InChI=1S/C17H26N4O3/c1-3-24-17(22)21-10-8-14(9-11-21)20-16(18)19-12-13-4-6-15(23-2)7-5-13/h4-7,14H,3,8-12H2,1-2H3,(H3,18,19,20). The number of likely N-dealkylation sites (tertiary alicyclic amines) is 1. The molecule has 0 aliphatic carbocycles. The highest BCUT2D eigenvalue weighted by Crippen LogP contribution is 2.13. The molecule has 1 heterocycles. The number of hydrogen-bond donors (Lipinski definition) is 2. The lowest BCUT2D eigenvalue weighted by molar-refractivity contribution is 0.0963. The van der Waals surface area contributed by atoms with Gasteiger partial charge in [0.25, 0.3) is 0 Å². The Morgan fingerprint density at radius 1 is 1.33 bits per heavy atom. The zero-order valence-corrected chi connectivity index (χ0v) is 14.3. The molecule has 1 aromatic carbocycles. The topological polar surface area (TPSA) is 89.2 Å². The number of nitrogens with zero attached hydrogens (tertiary/aromatic N) is 2. The maximum Gasteiger partial charge on any atom is 0.409 e. The Morgan fingerprint density at radius 2 is 2.00 bits per heavy atom. The Balaban J connectivity index is 1.76. The van der Waals surface area contributed by atoms with Crippen LogP contribution in [-0.2, 0) is 11.3 Å². The first-order valence-corrected chi connectivity index (χ1v) is 8.23. The summed E-state index contributed by atoms with van der Waals surface area (Å²) in [5.74, 6) is 1.25. The van der Waals surface area contributed by atoms with Crippen LogP contribution in [0.3, 0.4) is 0 Å². The van der Waals surface area contributed by atoms with Gasteiger partial charge < -0.3 is 25.4 Å². The van der Waals surface area contributed by atoms with Crippen LogP contribution < -0.4 is 15.8 Å². The summed E-state index contributed by atoms with van der Waals surface area (Å²) < 4.78 is 10.1. The summed E-state index contributed by atoms with van der Waals surface area (Å²) in [5.41, 5.74) is 7.03. The summed E-state index contributed by atoms with van der Waals surface area (Å²) >= 11 is 0. The smallest absolute Gasteiger partial charge is 0.409 e. The van der Waals surface area contributed by atoms with Crippen LogP contribution in [0.15, 0.2) is 29.3 Å². The second-order valence-electron chi connectivity index (χ2n) is 5.65. The predicted octanol–water partition coefficient (Wildman–Crippen LogP) is 1.72. The molecule has 132 valence electrons. The fraction of sp³-hybridized carbons (Fsp3) is 0.529. The minimum absolute atomic E-state index is 0.232. The van der Waals surface area contributed by atoms with Crippen LogP contribution in [0.5, 0.6) is 5.75 Å². The van der Waals surface area contributed by atoms with E-state index >= 15 is 0 Å². The van der Waals surface area contributed by atoms with Gasteiger partial charge in [-0.05, 0) is 37.5 Å². The first kappa shape index (κ1) is 17.9. The van der Waals surface area contributed by atoms with E-state index in [1.165, 1.54) is 0 Å². The normalized spacial score (nSPS) is 15.9. The van der Waals surface area contributed by atoms with Crippen LogP contribution in [0.25, 0.3) is 0 Å². The molecule has 0 aromatic heterocycles. The van der Waals surface area contributed by atoms with Crippen molar-refractivity contribution in [3.05, 3.63) is 29.8 Å². The highest BCUT2D eigenvalue weighted by atomic mass is 16.6. The number of aliphatic imine (C=N–C) groups is 1. The van der Waals surface area contributed by atoms with Crippen molar-refractivity contribution in [2.24, 2.45) is 10.7 Å². The van der Waals surface area contributed by atoms with Crippen molar-refractivity contribution in [1.29, 1.82) is 0 Å². The molecule has 0 atom stereocenters. The van der Waals surface area contributed by atoms with E-state index < -0.39 is 0 Å². The summed E-state index contributed by atoms with van der Waals surface area (Å²) in [6, 6.07) is 7.97. The van der Waals surface area contributed by atoms with E-state index in [0.29, 0.717) is 32.2 Å². The number of methoxy groups -OCH3 is 1.